The lowest BCUT2D eigenvalue weighted by Crippen LogP contribution is -2.32. The summed E-state index contributed by atoms with van der Waals surface area (Å²) in [5.74, 6) is 1.09. The number of ether oxygens (including phenoxy) is 1. The molecule has 0 fully saturated rings. The molecule has 0 aromatic carbocycles. The van der Waals surface area contributed by atoms with Gasteiger partial charge in [0.1, 0.15) is 6.10 Å². The Morgan fingerprint density at radius 1 is 1.47 bits per heavy atom. The molecule has 0 bridgehead atoms. The summed E-state index contributed by atoms with van der Waals surface area (Å²) in [6.07, 6.45) is 9.21. The van der Waals surface area contributed by atoms with E-state index in [0.29, 0.717) is 18.3 Å². The van der Waals surface area contributed by atoms with Crippen LogP contribution < -0.4 is 10.1 Å². The van der Waals surface area contributed by atoms with Crippen molar-refractivity contribution in [2.45, 2.75) is 26.0 Å². The van der Waals surface area contributed by atoms with Gasteiger partial charge in [-0.25, -0.2) is 4.98 Å². The fourth-order valence-electron chi connectivity index (χ4n) is 2.48. The Hall–Kier alpha value is -1.39. The SMILES string of the molecule is CC1CC=CC=C1[C@@H]1CNCc2cnc(Cl)nc2O1. The highest BCUT2D eigenvalue weighted by Gasteiger charge is 2.25. The maximum Gasteiger partial charge on any atom is 0.225 e. The summed E-state index contributed by atoms with van der Waals surface area (Å²) in [7, 11) is 0. The third kappa shape index (κ3) is 2.65. The summed E-state index contributed by atoms with van der Waals surface area (Å²) in [5.41, 5.74) is 2.25. The van der Waals surface area contributed by atoms with Crippen LogP contribution in [0, 0.1) is 5.92 Å². The number of allylic oxidation sites excluding steroid dienone is 3. The van der Waals surface area contributed by atoms with Gasteiger partial charge in [0.15, 0.2) is 0 Å². The molecule has 5 heteroatoms. The van der Waals surface area contributed by atoms with Crippen LogP contribution in [0.5, 0.6) is 5.88 Å². The van der Waals surface area contributed by atoms with Gasteiger partial charge in [-0.3, -0.25) is 0 Å². The third-order valence-electron chi connectivity index (χ3n) is 3.55. The number of hydrogen-bond acceptors (Lipinski definition) is 4. The van der Waals surface area contributed by atoms with Crippen molar-refractivity contribution >= 4 is 11.6 Å². The highest BCUT2D eigenvalue weighted by Crippen LogP contribution is 2.28. The minimum Gasteiger partial charge on any atom is -0.468 e. The monoisotopic (exact) mass is 277 g/mol. The fourth-order valence-corrected chi connectivity index (χ4v) is 2.61. The van der Waals surface area contributed by atoms with Gasteiger partial charge < -0.3 is 10.1 Å². The van der Waals surface area contributed by atoms with E-state index in [4.69, 9.17) is 16.3 Å². The van der Waals surface area contributed by atoms with Gasteiger partial charge in [0.25, 0.3) is 0 Å². The Morgan fingerprint density at radius 3 is 3.21 bits per heavy atom. The molecule has 1 aliphatic carbocycles. The number of rotatable bonds is 1. The Morgan fingerprint density at radius 2 is 2.37 bits per heavy atom. The van der Waals surface area contributed by atoms with E-state index in [1.807, 2.05) is 0 Å². The van der Waals surface area contributed by atoms with Crippen LogP contribution in [-0.2, 0) is 6.54 Å². The summed E-state index contributed by atoms with van der Waals surface area (Å²) >= 11 is 5.84. The molecule has 4 nitrogen and oxygen atoms in total. The average molecular weight is 278 g/mol. The van der Waals surface area contributed by atoms with Crippen LogP contribution in [0.4, 0.5) is 0 Å². The first-order valence-corrected chi connectivity index (χ1v) is 6.87. The van der Waals surface area contributed by atoms with Gasteiger partial charge in [-0.2, -0.15) is 4.98 Å². The van der Waals surface area contributed by atoms with Gasteiger partial charge in [0, 0.05) is 24.8 Å². The molecule has 3 rings (SSSR count). The predicted molar refractivity (Wildman–Crippen MR) is 74.2 cm³/mol. The third-order valence-corrected chi connectivity index (χ3v) is 3.73. The number of halogens is 1. The van der Waals surface area contributed by atoms with Gasteiger partial charge in [-0.1, -0.05) is 25.2 Å². The highest BCUT2D eigenvalue weighted by atomic mass is 35.5. The largest absolute Gasteiger partial charge is 0.468 e. The van der Waals surface area contributed by atoms with Crippen molar-refractivity contribution in [3.05, 3.63) is 40.8 Å². The quantitative estimate of drug-likeness (QED) is 0.801. The molecule has 19 heavy (non-hydrogen) atoms. The lowest BCUT2D eigenvalue weighted by Gasteiger charge is -2.25. The van der Waals surface area contributed by atoms with E-state index < -0.39 is 0 Å². The molecule has 1 aromatic heterocycles. The summed E-state index contributed by atoms with van der Waals surface area (Å²) in [6, 6.07) is 0. The van der Waals surface area contributed by atoms with Crippen molar-refractivity contribution in [1.82, 2.24) is 15.3 Å². The normalized spacial score (nSPS) is 26.1. The minimum atomic E-state index is 0.00664. The van der Waals surface area contributed by atoms with Crippen LogP contribution in [0.15, 0.2) is 30.0 Å². The van der Waals surface area contributed by atoms with Crippen LogP contribution in [0.2, 0.25) is 5.28 Å². The fraction of sp³-hybridized carbons (Fsp3) is 0.429. The summed E-state index contributed by atoms with van der Waals surface area (Å²) < 4.78 is 6.05. The van der Waals surface area contributed by atoms with Crippen LogP contribution in [0.3, 0.4) is 0 Å². The topological polar surface area (TPSA) is 47.0 Å². The zero-order valence-electron chi connectivity index (χ0n) is 10.8. The van der Waals surface area contributed by atoms with Crippen molar-refractivity contribution in [1.29, 1.82) is 0 Å². The molecule has 0 spiro atoms. The maximum absolute atomic E-state index is 6.05. The molecular weight excluding hydrogens is 262 g/mol. The molecule has 2 aliphatic rings. The first kappa shape index (κ1) is 12.6. The zero-order valence-corrected chi connectivity index (χ0v) is 11.5. The standard InChI is InChI=1S/C14H16ClN3O/c1-9-4-2-3-5-11(9)12-8-16-6-10-7-17-14(15)18-13(10)19-12/h2-3,5,7,9,12,16H,4,6,8H2,1H3/t9?,12-/m0/s1. The van der Waals surface area contributed by atoms with Gasteiger partial charge in [0.2, 0.25) is 11.2 Å². The number of nitrogens with one attached hydrogen (secondary N) is 1. The molecule has 0 radical (unpaired) electrons. The second kappa shape index (κ2) is 5.31. The molecule has 1 aromatic rings. The van der Waals surface area contributed by atoms with Crippen LogP contribution >= 0.6 is 11.6 Å². The van der Waals surface area contributed by atoms with Gasteiger partial charge in [0.05, 0.1) is 0 Å². The van der Waals surface area contributed by atoms with Crippen LogP contribution in [0.25, 0.3) is 0 Å². The van der Waals surface area contributed by atoms with Crippen molar-refractivity contribution in [2.75, 3.05) is 6.54 Å². The van der Waals surface area contributed by atoms with Crippen molar-refractivity contribution in [3.63, 3.8) is 0 Å². The Labute approximate surface area is 117 Å². The lowest BCUT2D eigenvalue weighted by molar-refractivity contribution is 0.219. The van der Waals surface area contributed by atoms with Gasteiger partial charge >= 0.3 is 0 Å². The maximum atomic E-state index is 6.05. The van der Waals surface area contributed by atoms with E-state index >= 15 is 0 Å². The molecule has 0 saturated heterocycles. The molecule has 0 amide bonds. The first-order valence-electron chi connectivity index (χ1n) is 6.49. The van der Waals surface area contributed by atoms with Crippen molar-refractivity contribution < 1.29 is 4.74 Å². The van der Waals surface area contributed by atoms with Crippen molar-refractivity contribution in [2.24, 2.45) is 5.92 Å². The van der Waals surface area contributed by atoms with E-state index in [1.165, 1.54) is 5.57 Å². The van der Waals surface area contributed by atoms with E-state index in [0.717, 1.165) is 18.5 Å². The van der Waals surface area contributed by atoms with E-state index in [2.05, 4.69) is 40.4 Å². The number of aromatic nitrogens is 2. The Bertz CT molecular complexity index is 541. The van der Waals surface area contributed by atoms with Crippen LogP contribution in [-0.4, -0.2) is 22.6 Å². The summed E-state index contributed by atoms with van der Waals surface area (Å²) in [5, 5.41) is 3.60. The highest BCUT2D eigenvalue weighted by molar-refractivity contribution is 6.28. The molecule has 1 aliphatic heterocycles. The van der Waals surface area contributed by atoms with E-state index in [9.17, 15) is 0 Å². The molecule has 2 atom stereocenters. The Kier molecular flexibility index (Phi) is 3.53. The summed E-state index contributed by atoms with van der Waals surface area (Å²) in [6.45, 7) is 3.70. The molecule has 0 saturated carbocycles. The molecule has 1 unspecified atom stereocenters. The zero-order chi connectivity index (χ0) is 13.2. The smallest absolute Gasteiger partial charge is 0.225 e. The van der Waals surface area contributed by atoms with Gasteiger partial charge in [-0.05, 0) is 29.5 Å². The van der Waals surface area contributed by atoms with Gasteiger partial charge in [-0.15, -0.1) is 0 Å². The van der Waals surface area contributed by atoms with Crippen LogP contribution in [0.1, 0.15) is 18.9 Å². The Balaban J connectivity index is 1.89. The molecule has 1 N–H and O–H groups in total. The van der Waals surface area contributed by atoms with Crippen molar-refractivity contribution in [3.8, 4) is 5.88 Å². The number of nitrogens with zero attached hydrogens (tertiary/aromatic N) is 2. The minimum absolute atomic E-state index is 0.00664. The molecule has 2 heterocycles. The first-order chi connectivity index (χ1) is 9.24. The number of fused-ring (bicyclic) bond motifs is 1. The predicted octanol–water partition coefficient (Wildman–Crippen LogP) is 2.50. The lowest BCUT2D eigenvalue weighted by atomic mass is 9.89. The molecule has 100 valence electrons. The average Bonchev–Trinajstić information content (AvgIpc) is 2.61. The molecular formula is C14H16ClN3O. The summed E-state index contributed by atoms with van der Waals surface area (Å²) in [4.78, 5) is 8.19. The second-order valence-corrected chi connectivity index (χ2v) is 5.28. The van der Waals surface area contributed by atoms with E-state index in [-0.39, 0.29) is 11.4 Å². The number of hydrogen-bond donors (Lipinski definition) is 1. The van der Waals surface area contributed by atoms with E-state index in [1.54, 1.807) is 6.20 Å². The second-order valence-electron chi connectivity index (χ2n) is 4.94.